The normalized spacial score (nSPS) is 12.4. The van der Waals surface area contributed by atoms with E-state index in [9.17, 15) is 0 Å². The van der Waals surface area contributed by atoms with Gasteiger partial charge >= 0.3 is 0 Å². The van der Waals surface area contributed by atoms with E-state index in [1.54, 1.807) is 0 Å². The summed E-state index contributed by atoms with van der Waals surface area (Å²) >= 11 is 0. The molecular weight excluding hydrogens is 350 g/mol. The first-order valence-corrected chi connectivity index (χ1v) is 10.5. The molecule has 6 rings (SSSR count). The number of hydrogen-bond donors (Lipinski definition) is 0. The third-order valence-electron chi connectivity index (χ3n) is 6.48. The van der Waals surface area contributed by atoms with Crippen LogP contribution in [0.3, 0.4) is 0 Å². The van der Waals surface area contributed by atoms with Crippen molar-refractivity contribution < 1.29 is 0 Å². The van der Waals surface area contributed by atoms with Gasteiger partial charge in [0.15, 0.2) is 0 Å². The van der Waals surface area contributed by atoms with Crippen LogP contribution >= 0.6 is 0 Å². The van der Waals surface area contributed by atoms with Crippen molar-refractivity contribution in [2.45, 2.75) is 26.3 Å². The third-order valence-corrected chi connectivity index (χ3v) is 6.48. The number of fused-ring (bicyclic) bond motifs is 6. The molecule has 0 atom stereocenters. The number of nitrogens with zero attached hydrogens (tertiary/aromatic N) is 1. The molecule has 1 heteroatoms. The monoisotopic (exact) mass is 373 g/mol. The van der Waals surface area contributed by atoms with Gasteiger partial charge in [0.1, 0.15) is 0 Å². The minimum absolute atomic E-state index is 0.896. The van der Waals surface area contributed by atoms with Crippen molar-refractivity contribution in [1.29, 1.82) is 0 Å². The summed E-state index contributed by atoms with van der Waals surface area (Å²) in [6.07, 6.45) is 2.12. The fourth-order valence-corrected chi connectivity index (χ4v) is 5.06. The molecule has 0 N–H and O–H groups in total. The van der Waals surface area contributed by atoms with E-state index in [4.69, 9.17) is 0 Å². The summed E-state index contributed by atoms with van der Waals surface area (Å²) in [5, 5.41) is 2.72. The lowest BCUT2D eigenvalue weighted by molar-refractivity contribution is 0.870. The van der Waals surface area contributed by atoms with Crippen molar-refractivity contribution in [3.05, 3.63) is 107 Å². The zero-order chi connectivity index (χ0) is 19.4. The van der Waals surface area contributed by atoms with E-state index in [0.29, 0.717) is 0 Å². The van der Waals surface area contributed by atoms with E-state index < -0.39 is 0 Å². The average Bonchev–Trinajstić information content (AvgIpc) is 3.30. The van der Waals surface area contributed by atoms with E-state index in [1.165, 1.54) is 55.2 Å². The van der Waals surface area contributed by atoms with Gasteiger partial charge in [0.2, 0.25) is 0 Å². The standard InChI is InChI=1S/C28H23N/c1-2-19-14-15-27-25(16-19)24-12-5-6-13-26(24)29(27)18-22-10-7-9-21-17-20-8-3-4-11-23(20)28(21)22/h3-16H,2,17-18H2,1H3. The topological polar surface area (TPSA) is 4.93 Å². The molecule has 0 radical (unpaired) electrons. The predicted molar refractivity (Wildman–Crippen MR) is 123 cm³/mol. The summed E-state index contributed by atoms with van der Waals surface area (Å²) in [4.78, 5) is 0. The van der Waals surface area contributed by atoms with Crippen LogP contribution in [-0.4, -0.2) is 4.57 Å². The second-order valence-electron chi connectivity index (χ2n) is 8.09. The summed E-state index contributed by atoms with van der Waals surface area (Å²) in [6, 6.07) is 31.5. The fourth-order valence-electron chi connectivity index (χ4n) is 5.06. The van der Waals surface area contributed by atoms with E-state index in [1.807, 2.05) is 0 Å². The van der Waals surface area contributed by atoms with Gasteiger partial charge in [-0.05, 0) is 64.4 Å². The summed E-state index contributed by atoms with van der Waals surface area (Å²) in [5.74, 6) is 0. The molecule has 0 unspecified atom stereocenters. The van der Waals surface area contributed by atoms with Gasteiger partial charge in [-0.2, -0.15) is 0 Å². The molecule has 1 aliphatic carbocycles. The molecule has 0 fully saturated rings. The van der Waals surface area contributed by atoms with Gasteiger partial charge in [-0.15, -0.1) is 0 Å². The molecule has 0 bridgehead atoms. The van der Waals surface area contributed by atoms with Crippen LogP contribution in [0.1, 0.15) is 29.2 Å². The second kappa shape index (κ2) is 6.35. The Labute approximate surface area is 171 Å². The van der Waals surface area contributed by atoms with Crippen molar-refractivity contribution in [1.82, 2.24) is 4.57 Å². The third kappa shape index (κ3) is 2.47. The molecule has 0 saturated carbocycles. The average molecular weight is 373 g/mol. The Bertz CT molecular complexity index is 1390. The Balaban J connectivity index is 1.58. The van der Waals surface area contributed by atoms with Gasteiger partial charge in [0, 0.05) is 28.4 Å². The van der Waals surface area contributed by atoms with Gasteiger partial charge < -0.3 is 4.57 Å². The maximum Gasteiger partial charge on any atom is 0.0494 e. The quantitative estimate of drug-likeness (QED) is 0.315. The van der Waals surface area contributed by atoms with Gasteiger partial charge in [-0.25, -0.2) is 0 Å². The highest BCUT2D eigenvalue weighted by atomic mass is 15.0. The van der Waals surface area contributed by atoms with Gasteiger partial charge in [-0.3, -0.25) is 0 Å². The molecule has 0 aliphatic heterocycles. The Hall–Kier alpha value is -3.32. The lowest BCUT2D eigenvalue weighted by Crippen LogP contribution is -2.01. The molecule has 5 aromatic rings. The van der Waals surface area contributed by atoms with Crippen molar-refractivity contribution in [2.75, 3.05) is 0 Å². The molecule has 0 saturated heterocycles. The Morgan fingerprint density at radius 1 is 0.724 bits per heavy atom. The summed E-state index contributed by atoms with van der Waals surface area (Å²) in [6.45, 7) is 3.12. The van der Waals surface area contributed by atoms with E-state index in [2.05, 4.69) is 96.4 Å². The number of hydrogen-bond acceptors (Lipinski definition) is 0. The highest BCUT2D eigenvalue weighted by molar-refractivity contribution is 6.08. The van der Waals surface area contributed by atoms with Crippen molar-refractivity contribution in [3.8, 4) is 11.1 Å². The van der Waals surface area contributed by atoms with Crippen molar-refractivity contribution >= 4 is 21.8 Å². The van der Waals surface area contributed by atoms with Crippen LogP contribution in [-0.2, 0) is 19.4 Å². The first-order chi connectivity index (χ1) is 14.3. The minimum Gasteiger partial charge on any atom is -0.336 e. The summed E-state index contributed by atoms with van der Waals surface area (Å²) in [5.41, 5.74) is 11.2. The smallest absolute Gasteiger partial charge is 0.0494 e. The highest BCUT2D eigenvalue weighted by Gasteiger charge is 2.21. The Kier molecular flexibility index (Phi) is 3.64. The first kappa shape index (κ1) is 16.6. The Morgan fingerprint density at radius 2 is 1.52 bits per heavy atom. The largest absolute Gasteiger partial charge is 0.336 e. The molecule has 140 valence electrons. The van der Waals surface area contributed by atoms with Crippen LogP contribution in [0.5, 0.6) is 0 Å². The molecule has 1 aromatic heterocycles. The summed E-state index contributed by atoms with van der Waals surface area (Å²) in [7, 11) is 0. The second-order valence-corrected chi connectivity index (χ2v) is 8.09. The zero-order valence-electron chi connectivity index (χ0n) is 16.7. The number of rotatable bonds is 3. The number of para-hydroxylation sites is 1. The molecule has 1 heterocycles. The van der Waals surface area contributed by atoms with Crippen LogP contribution in [0.2, 0.25) is 0 Å². The van der Waals surface area contributed by atoms with Crippen LogP contribution in [0.4, 0.5) is 0 Å². The van der Waals surface area contributed by atoms with Gasteiger partial charge in [0.05, 0.1) is 0 Å². The molecule has 4 aromatic carbocycles. The predicted octanol–water partition coefficient (Wildman–Crippen LogP) is 6.98. The first-order valence-electron chi connectivity index (χ1n) is 10.5. The van der Waals surface area contributed by atoms with Crippen LogP contribution in [0.25, 0.3) is 32.9 Å². The fraction of sp³-hybridized carbons (Fsp3) is 0.143. The lowest BCUT2D eigenvalue weighted by Gasteiger charge is -2.13. The maximum absolute atomic E-state index is 2.50. The van der Waals surface area contributed by atoms with Crippen LogP contribution in [0, 0.1) is 0 Å². The lowest BCUT2D eigenvalue weighted by atomic mass is 9.99. The molecule has 1 aliphatic rings. The minimum atomic E-state index is 0.896. The van der Waals surface area contributed by atoms with Crippen molar-refractivity contribution in [2.24, 2.45) is 0 Å². The number of aryl methyl sites for hydroxylation is 1. The molecule has 1 nitrogen and oxygen atoms in total. The van der Waals surface area contributed by atoms with Crippen molar-refractivity contribution in [3.63, 3.8) is 0 Å². The zero-order valence-corrected chi connectivity index (χ0v) is 16.7. The van der Waals surface area contributed by atoms with E-state index >= 15 is 0 Å². The van der Waals surface area contributed by atoms with E-state index in [-0.39, 0.29) is 0 Å². The molecule has 0 amide bonds. The molecule has 29 heavy (non-hydrogen) atoms. The van der Waals surface area contributed by atoms with E-state index in [0.717, 1.165) is 19.4 Å². The molecule has 0 spiro atoms. The number of aromatic nitrogens is 1. The SMILES string of the molecule is CCc1ccc2c(c1)c1ccccc1n2Cc1cccc2c1-c1ccccc1C2. The van der Waals surface area contributed by atoms with Gasteiger partial charge in [0.25, 0.3) is 0 Å². The van der Waals surface area contributed by atoms with Crippen LogP contribution < -0.4 is 0 Å². The molecular formula is C28H23N. The summed E-state index contributed by atoms with van der Waals surface area (Å²) < 4.78 is 2.50. The van der Waals surface area contributed by atoms with Crippen LogP contribution in [0.15, 0.2) is 84.9 Å². The van der Waals surface area contributed by atoms with Gasteiger partial charge in [-0.1, -0.05) is 73.7 Å². The number of benzene rings is 4. The highest BCUT2D eigenvalue weighted by Crippen LogP contribution is 2.40. The maximum atomic E-state index is 2.50. The Morgan fingerprint density at radius 3 is 2.45 bits per heavy atom.